The summed E-state index contributed by atoms with van der Waals surface area (Å²) in [6.45, 7) is 20.1. The van der Waals surface area contributed by atoms with Crippen molar-refractivity contribution in [3.63, 3.8) is 0 Å². The SMILES string of the molecule is CC(C)(C)OC(=O)N1CCC[C@@H](C(=O)OCC(Cl)(Cl)Cl)N1C(=O)OC(C)(C)C.CC(C)(C)OC(=O)NC(Cn1cccn1)C(=O)N1CCC[C@@H](C(=O)OCC(Cl)(Cl)Cl)N1.CC(C)(C)OC(=O)NC(Cn1cccn1)C(=O)O. The van der Waals surface area contributed by atoms with Crippen LogP contribution in [0, 0.1) is 0 Å². The molecule has 4 heterocycles. The van der Waals surface area contributed by atoms with Crippen LogP contribution in [0.5, 0.6) is 0 Å². The predicted molar refractivity (Wildman–Crippen MR) is 283 cm³/mol. The smallest absolute Gasteiger partial charge is 0.430 e. The van der Waals surface area contributed by atoms with Gasteiger partial charge in [0.2, 0.25) is 7.59 Å². The average molecular weight is 1220 g/mol. The van der Waals surface area contributed by atoms with Gasteiger partial charge in [0.15, 0.2) is 6.04 Å². The number of alkyl halides is 6. The number of amides is 5. The normalized spacial score (nSPS) is 17.1. The number of nitrogens with zero attached hydrogens (tertiary/aromatic N) is 7. The van der Waals surface area contributed by atoms with Crippen molar-refractivity contribution in [3.8, 4) is 0 Å². The zero-order valence-corrected chi connectivity index (χ0v) is 49.4. The number of carboxylic acids is 1. The summed E-state index contributed by atoms with van der Waals surface area (Å²) in [5.74, 6) is -3.06. The molecule has 2 aromatic rings. The van der Waals surface area contributed by atoms with Gasteiger partial charge in [-0.05, 0) is 121 Å². The molecular weight excluding hydrogens is 1150 g/mol. The number of hydrogen-bond donors (Lipinski definition) is 4. The second-order valence-corrected chi connectivity index (χ2v) is 26.1. The first-order valence-electron chi connectivity index (χ1n) is 23.9. The van der Waals surface area contributed by atoms with E-state index < -0.39 is 116 Å². The molecule has 2 unspecified atom stereocenters. The monoisotopic (exact) mass is 1210 g/mol. The molecular formula is C46H70Cl6N10O15. The van der Waals surface area contributed by atoms with Gasteiger partial charge >= 0.3 is 42.3 Å². The summed E-state index contributed by atoms with van der Waals surface area (Å²) in [5.41, 5.74) is -0.210. The number of aliphatic carboxylic acids is 1. The Labute approximate surface area is 477 Å². The van der Waals surface area contributed by atoms with Gasteiger partial charge in [0.25, 0.3) is 5.91 Å². The molecule has 0 aliphatic carbocycles. The maximum atomic E-state index is 13.1. The van der Waals surface area contributed by atoms with Crippen molar-refractivity contribution in [1.29, 1.82) is 0 Å². The highest BCUT2D eigenvalue weighted by molar-refractivity contribution is 6.68. The minimum Gasteiger partial charge on any atom is -0.480 e. The summed E-state index contributed by atoms with van der Waals surface area (Å²) < 4.78 is 30.4. The summed E-state index contributed by atoms with van der Waals surface area (Å²) in [7, 11) is 0. The molecule has 77 heavy (non-hydrogen) atoms. The van der Waals surface area contributed by atoms with E-state index in [9.17, 15) is 38.4 Å². The van der Waals surface area contributed by atoms with Gasteiger partial charge < -0.3 is 44.2 Å². The number of alkyl carbamates (subject to hydrolysis) is 2. The van der Waals surface area contributed by atoms with Crippen molar-refractivity contribution in [3.05, 3.63) is 36.9 Å². The lowest BCUT2D eigenvalue weighted by molar-refractivity contribution is -0.161. The highest BCUT2D eigenvalue weighted by atomic mass is 35.6. The minimum absolute atomic E-state index is 0.0432. The van der Waals surface area contributed by atoms with Gasteiger partial charge in [-0.2, -0.15) is 15.2 Å². The number of carbonyl (C=O) groups excluding carboxylic acids is 7. The van der Waals surface area contributed by atoms with Gasteiger partial charge in [-0.1, -0.05) is 69.6 Å². The highest BCUT2D eigenvalue weighted by Gasteiger charge is 2.45. The molecule has 2 aromatic heterocycles. The third-order valence-corrected chi connectivity index (χ3v) is 9.84. The molecule has 25 nitrogen and oxygen atoms in total. The minimum atomic E-state index is -1.80. The maximum absolute atomic E-state index is 13.1. The molecule has 436 valence electrons. The maximum Gasteiger partial charge on any atom is 0.430 e. The lowest BCUT2D eigenvalue weighted by Crippen LogP contribution is -2.61. The predicted octanol–water partition coefficient (Wildman–Crippen LogP) is 7.50. The van der Waals surface area contributed by atoms with Crippen LogP contribution in [0.15, 0.2) is 36.9 Å². The quantitative estimate of drug-likeness (QED) is 0.0908. The summed E-state index contributed by atoms with van der Waals surface area (Å²) in [6.07, 6.45) is 4.87. The van der Waals surface area contributed by atoms with Gasteiger partial charge in [0.05, 0.1) is 13.1 Å². The summed E-state index contributed by atoms with van der Waals surface area (Å²) in [6, 6.07) is -0.615. The number of carbonyl (C=O) groups is 8. The van der Waals surface area contributed by atoms with E-state index in [2.05, 4.69) is 26.3 Å². The number of esters is 2. The molecule has 0 aromatic carbocycles. The molecule has 0 radical (unpaired) electrons. The van der Waals surface area contributed by atoms with Gasteiger partial charge in [-0.25, -0.2) is 39.2 Å². The van der Waals surface area contributed by atoms with E-state index >= 15 is 0 Å². The fourth-order valence-corrected chi connectivity index (χ4v) is 6.67. The van der Waals surface area contributed by atoms with E-state index in [1.54, 1.807) is 114 Å². The van der Waals surface area contributed by atoms with E-state index in [1.807, 2.05) is 0 Å². The number of halogens is 6. The number of hydrazine groups is 2. The number of hydrogen-bond acceptors (Lipinski definition) is 17. The van der Waals surface area contributed by atoms with Crippen molar-refractivity contribution in [2.24, 2.45) is 0 Å². The van der Waals surface area contributed by atoms with Crippen molar-refractivity contribution in [1.82, 2.24) is 50.6 Å². The van der Waals surface area contributed by atoms with Crippen molar-refractivity contribution >= 4 is 118 Å². The van der Waals surface area contributed by atoms with Crippen LogP contribution in [0.25, 0.3) is 0 Å². The highest BCUT2D eigenvalue weighted by Crippen LogP contribution is 2.29. The van der Waals surface area contributed by atoms with Crippen molar-refractivity contribution in [2.45, 2.75) is 176 Å². The number of rotatable bonds is 12. The van der Waals surface area contributed by atoms with E-state index in [0.29, 0.717) is 25.8 Å². The molecule has 31 heteroatoms. The Kier molecular flexibility index (Phi) is 26.0. The molecule has 0 saturated carbocycles. The van der Waals surface area contributed by atoms with Crippen molar-refractivity contribution in [2.75, 3.05) is 26.3 Å². The van der Waals surface area contributed by atoms with Gasteiger partial charge in [0, 0.05) is 37.9 Å². The molecule has 0 spiro atoms. The van der Waals surface area contributed by atoms with Gasteiger partial charge in [-0.15, -0.1) is 0 Å². The Balaban J connectivity index is 0.000000409. The van der Waals surface area contributed by atoms with Crippen LogP contribution in [0.1, 0.15) is 109 Å². The number of ether oxygens (including phenoxy) is 6. The van der Waals surface area contributed by atoms with E-state index in [1.165, 1.54) is 20.6 Å². The molecule has 4 N–H and O–H groups in total. The Hall–Kier alpha value is -4.92. The van der Waals surface area contributed by atoms with Crippen LogP contribution in [-0.2, 0) is 60.7 Å². The van der Waals surface area contributed by atoms with Crippen LogP contribution >= 0.6 is 69.6 Å². The van der Waals surface area contributed by atoms with Crippen LogP contribution in [0.4, 0.5) is 19.2 Å². The van der Waals surface area contributed by atoms with Crippen LogP contribution in [0.2, 0.25) is 0 Å². The van der Waals surface area contributed by atoms with E-state index in [0.717, 1.165) is 10.0 Å². The molecule has 2 aliphatic heterocycles. The zero-order chi connectivity index (χ0) is 58.9. The molecule has 2 aliphatic rings. The van der Waals surface area contributed by atoms with Gasteiger partial charge in [0.1, 0.15) is 53.7 Å². The Morgan fingerprint density at radius 1 is 0.610 bits per heavy atom. The summed E-state index contributed by atoms with van der Waals surface area (Å²) in [5, 5.41) is 25.1. The number of nitrogens with one attached hydrogen (secondary N) is 3. The summed E-state index contributed by atoms with van der Waals surface area (Å²) in [4.78, 5) is 98.1. The van der Waals surface area contributed by atoms with E-state index in [-0.39, 0.29) is 26.1 Å². The van der Waals surface area contributed by atoms with Crippen molar-refractivity contribution < 1.29 is 71.9 Å². The van der Waals surface area contributed by atoms with Crippen LogP contribution in [-0.4, -0.2) is 168 Å². The van der Waals surface area contributed by atoms with Crippen LogP contribution < -0.4 is 16.1 Å². The van der Waals surface area contributed by atoms with E-state index in [4.69, 9.17) is 103 Å². The first-order valence-corrected chi connectivity index (χ1v) is 26.1. The lowest BCUT2D eigenvalue weighted by atomic mass is 10.1. The molecule has 0 bridgehead atoms. The summed E-state index contributed by atoms with van der Waals surface area (Å²) >= 11 is 33.7. The Bertz CT molecular complexity index is 2260. The number of aromatic nitrogens is 4. The second kappa shape index (κ2) is 29.3. The fraction of sp³-hybridized carbons (Fsp3) is 0.696. The molecule has 2 fully saturated rings. The molecule has 5 amide bonds. The number of carboxylic acid groups (broad SMARTS) is 1. The largest absolute Gasteiger partial charge is 0.480 e. The first-order chi connectivity index (χ1) is 35.1. The third kappa shape index (κ3) is 28.5. The standard InChI is InChI=1S/C18H26Cl3N5O5.C17H27Cl3N2O6.C11H17N3O4/c1-17(2,3)31-16(29)23-13(10-25-8-5-7-22-25)14(27)26-9-4-6-12(24-26)15(28)30-11-18(19,20)21;1-15(2,3)27-13(24)21-9-7-8-11(12(23)26-10-17(18,19)20)22(21)14(25)28-16(4,5)6;1-11(2,3)18-10(17)13-8(9(15)16)7-14-6-4-5-12-14/h5,7-8,12-13,24H,4,6,9-11H2,1-3H3,(H,23,29);11H,7-10H2,1-6H3;4-6,8H,7H2,1-3H3,(H,13,17)(H,15,16)/t12-,13?;11-;/m00./s1. The van der Waals surface area contributed by atoms with Crippen LogP contribution in [0.3, 0.4) is 0 Å². The second-order valence-electron chi connectivity index (χ2n) is 21.0. The topological polar surface area (TPSA) is 294 Å². The molecule has 4 atom stereocenters. The first kappa shape index (κ1) is 68.2. The fourth-order valence-electron chi connectivity index (χ4n) is 6.35. The molecule has 4 rings (SSSR count). The van der Waals surface area contributed by atoms with Gasteiger partial charge in [-0.3, -0.25) is 24.0 Å². The Morgan fingerprint density at radius 2 is 1.04 bits per heavy atom. The lowest BCUT2D eigenvalue weighted by Gasteiger charge is -2.42. The average Bonchev–Trinajstić information content (AvgIpc) is 3.99. The molecule has 2 saturated heterocycles. The zero-order valence-electron chi connectivity index (χ0n) is 44.9. The Morgan fingerprint density at radius 3 is 1.47 bits per heavy atom. The third-order valence-electron chi connectivity index (χ3n) is 9.19.